The molecule has 3 heteroatoms. The van der Waals surface area contributed by atoms with Gasteiger partial charge in [-0.25, -0.2) is 0 Å². The molecule has 1 aromatic rings. The van der Waals surface area contributed by atoms with Crippen LogP contribution in [-0.4, -0.2) is 14.9 Å². The third-order valence-corrected chi connectivity index (χ3v) is 1.56. The van der Waals surface area contributed by atoms with Gasteiger partial charge in [0.1, 0.15) is 5.69 Å². The molecule has 1 heterocycles. The molecule has 0 aliphatic carbocycles. The molecule has 62 valence electrons. The highest BCUT2D eigenvalue weighted by Crippen LogP contribution is 2.19. The van der Waals surface area contributed by atoms with E-state index in [0.717, 1.165) is 0 Å². The van der Waals surface area contributed by atoms with E-state index in [1.54, 1.807) is 17.8 Å². The van der Waals surface area contributed by atoms with E-state index >= 15 is 0 Å². The van der Waals surface area contributed by atoms with Gasteiger partial charge in [-0.15, -0.1) is 0 Å². The fraction of sp³-hybridized carbons (Fsp3) is 0.625. The van der Waals surface area contributed by atoms with Crippen LogP contribution in [0.3, 0.4) is 0 Å². The van der Waals surface area contributed by atoms with Crippen LogP contribution in [0.15, 0.2) is 6.20 Å². The van der Waals surface area contributed by atoms with Crippen molar-refractivity contribution >= 4 is 0 Å². The second-order valence-electron chi connectivity index (χ2n) is 3.72. The Bertz CT molecular complexity index is 238. The number of rotatable bonds is 0. The molecule has 3 nitrogen and oxygen atoms in total. The highest BCUT2D eigenvalue weighted by molar-refractivity contribution is 5.21. The summed E-state index contributed by atoms with van der Waals surface area (Å²) in [6, 6.07) is 0. The minimum Gasteiger partial charge on any atom is -0.504 e. The first-order chi connectivity index (χ1) is 4.91. The topological polar surface area (TPSA) is 38.0 Å². The largest absolute Gasteiger partial charge is 0.504 e. The molecule has 0 aliphatic heterocycles. The van der Waals surface area contributed by atoms with Gasteiger partial charge in [0.15, 0.2) is 5.75 Å². The average Bonchev–Trinajstić information content (AvgIpc) is 2.11. The Kier molecular flexibility index (Phi) is 1.66. The van der Waals surface area contributed by atoms with Gasteiger partial charge in [-0.05, 0) is 27.7 Å². The summed E-state index contributed by atoms with van der Waals surface area (Å²) in [7, 11) is 0. The van der Waals surface area contributed by atoms with Gasteiger partial charge in [-0.3, -0.25) is 4.68 Å². The van der Waals surface area contributed by atoms with Crippen molar-refractivity contribution in [1.29, 1.82) is 0 Å². The van der Waals surface area contributed by atoms with Crippen LogP contribution in [0.25, 0.3) is 0 Å². The van der Waals surface area contributed by atoms with Crippen molar-refractivity contribution in [2.24, 2.45) is 0 Å². The molecule has 1 N–H and O–H groups in total. The Morgan fingerprint density at radius 2 is 2.00 bits per heavy atom. The number of hydrogen-bond acceptors (Lipinski definition) is 2. The maximum atomic E-state index is 9.22. The highest BCUT2D eigenvalue weighted by Gasteiger charge is 2.15. The molecular weight excluding hydrogens is 140 g/mol. The number of aromatic hydroxyl groups is 1. The van der Waals surface area contributed by atoms with Gasteiger partial charge in [0.25, 0.3) is 0 Å². The Hall–Kier alpha value is -0.990. The van der Waals surface area contributed by atoms with Gasteiger partial charge in [0.2, 0.25) is 0 Å². The number of aromatic nitrogens is 2. The van der Waals surface area contributed by atoms with Gasteiger partial charge >= 0.3 is 0 Å². The maximum absolute atomic E-state index is 9.22. The van der Waals surface area contributed by atoms with E-state index in [4.69, 9.17) is 0 Å². The van der Waals surface area contributed by atoms with Crippen molar-refractivity contribution in [3.05, 3.63) is 11.9 Å². The van der Waals surface area contributed by atoms with E-state index in [1.807, 2.05) is 20.8 Å². The van der Waals surface area contributed by atoms with Crippen molar-refractivity contribution in [1.82, 2.24) is 9.78 Å². The number of hydrogen-bond donors (Lipinski definition) is 1. The molecule has 11 heavy (non-hydrogen) atoms. The maximum Gasteiger partial charge on any atom is 0.156 e. The van der Waals surface area contributed by atoms with Crippen LogP contribution in [-0.2, 0) is 5.54 Å². The normalized spacial score (nSPS) is 12.0. The summed E-state index contributed by atoms with van der Waals surface area (Å²) in [5.41, 5.74) is 0.631. The molecule has 0 radical (unpaired) electrons. The quantitative estimate of drug-likeness (QED) is 0.617. The standard InChI is InChI=1S/C8H14N2O/c1-6-7(11)5-10(9-6)8(2,3)4/h5,11H,1-4H3. The third kappa shape index (κ3) is 1.53. The number of nitrogens with zero attached hydrogens (tertiary/aromatic N) is 2. The van der Waals surface area contributed by atoms with Gasteiger partial charge < -0.3 is 5.11 Å². The van der Waals surface area contributed by atoms with Crippen LogP contribution < -0.4 is 0 Å². The molecule has 1 rings (SSSR count). The molecule has 0 aliphatic rings. The van der Waals surface area contributed by atoms with Crippen molar-refractivity contribution < 1.29 is 5.11 Å². The first-order valence-corrected chi connectivity index (χ1v) is 3.67. The predicted octanol–water partition coefficient (Wildman–Crippen LogP) is 1.65. The summed E-state index contributed by atoms with van der Waals surface area (Å²) in [6.07, 6.45) is 1.65. The average molecular weight is 154 g/mol. The van der Waals surface area contributed by atoms with Crippen LogP contribution >= 0.6 is 0 Å². The summed E-state index contributed by atoms with van der Waals surface area (Å²) in [6.45, 7) is 7.91. The first-order valence-electron chi connectivity index (χ1n) is 3.67. The van der Waals surface area contributed by atoms with Crippen molar-refractivity contribution in [3.63, 3.8) is 0 Å². The summed E-state index contributed by atoms with van der Waals surface area (Å²) < 4.78 is 1.76. The van der Waals surface area contributed by atoms with Gasteiger partial charge in [0.05, 0.1) is 11.7 Å². The molecular formula is C8H14N2O. The summed E-state index contributed by atoms with van der Waals surface area (Å²) in [4.78, 5) is 0. The Balaban J connectivity index is 3.08. The molecule has 0 aromatic carbocycles. The smallest absolute Gasteiger partial charge is 0.156 e. The number of aryl methyl sites for hydroxylation is 1. The van der Waals surface area contributed by atoms with E-state index in [-0.39, 0.29) is 11.3 Å². The van der Waals surface area contributed by atoms with Crippen LogP contribution in [0.1, 0.15) is 26.5 Å². The summed E-state index contributed by atoms with van der Waals surface area (Å²) in [5.74, 6) is 0.264. The lowest BCUT2D eigenvalue weighted by atomic mass is 10.1. The molecule has 0 saturated carbocycles. The van der Waals surface area contributed by atoms with Crippen LogP contribution in [0.5, 0.6) is 5.75 Å². The molecule has 0 amide bonds. The Morgan fingerprint density at radius 1 is 1.45 bits per heavy atom. The van der Waals surface area contributed by atoms with Crippen LogP contribution in [0.4, 0.5) is 0 Å². The highest BCUT2D eigenvalue weighted by atomic mass is 16.3. The molecule has 0 unspecified atom stereocenters. The van der Waals surface area contributed by atoms with Crippen LogP contribution in [0.2, 0.25) is 0 Å². The van der Waals surface area contributed by atoms with E-state index < -0.39 is 0 Å². The monoisotopic (exact) mass is 154 g/mol. The SMILES string of the molecule is Cc1nn(C(C)(C)C)cc1O. The molecule has 0 spiro atoms. The van der Waals surface area contributed by atoms with E-state index in [2.05, 4.69) is 5.10 Å². The molecule has 0 bridgehead atoms. The second-order valence-corrected chi connectivity index (χ2v) is 3.72. The van der Waals surface area contributed by atoms with Gasteiger partial charge in [-0.2, -0.15) is 5.10 Å². The molecule has 0 atom stereocenters. The lowest BCUT2D eigenvalue weighted by molar-refractivity contribution is 0.352. The molecule has 0 saturated heterocycles. The fourth-order valence-electron chi connectivity index (χ4n) is 0.795. The lowest BCUT2D eigenvalue weighted by Gasteiger charge is -2.18. The van der Waals surface area contributed by atoms with Crippen molar-refractivity contribution in [3.8, 4) is 5.75 Å². The zero-order valence-electron chi connectivity index (χ0n) is 7.42. The van der Waals surface area contributed by atoms with Gasteiger partial charge in [-0.1, -0.05) is 0 Å². The van der Waals surface area contributed by atoms with Crippen molar-refractivity contribution in [2.75, 3.05) is 0 Å². The molecule has 0 fully saturated rings. The first kappa shape index (κ1) is 8.11. The van der Waals surface area contributed by atoms with E-state index in [1.165, 1.54) is 0 Å². The Morgan fingerprint density at radius 3 is 2.18 bits per heavy atom. The second kappa shape index (κ2) is 2.26. The minimum absolute atomic E-state index is 0.0499. The Labute approximate surface area is 66.7 Å². The van der Waals surface area contributed by atoms with E-state index in [0.29, 0.717) is 5.69 Å². The molecule has 1 aromatic heterocycles. The predicted molar refractivity (Wildman–Crippen MR) is 43.6 cm³/mol. The zero-order chi connectivity index (χ0) is 8.65. The van der Waals surface area contributed by atoms with E-state index in [9.17, 15) is 5.11 Å². The summed E-state index contributed by atoms with van der Waals surface area (Å²) >= 11 is 0. The lowest BCUT2D eigenvalue weighted by Crippen LogP contribution is -2.22. The minimum atomic E-state index is -0.0499. The fourth-order valence-corrected chi connectivity index (χ4v) is 0.795. The zero-order valence-corrected chi connectivity index (χ0v) is 7.42. The van der Waals surface area contributed by atoms with Crippen LogP contribution in [0, 0.1) is 6.92 Å². The van der Waals surface area contributed by atoms with Gasteiger partial charge in [0, 0.05) is 0 Å². The van der Waals surface area contributed by atoms with Crippen molar-refractivity contribution in [2.45, 2.75) is 33.2 Å². The third-order valence-electron chi connectivity index (χ3n) is 1.56. The summed E-state index contributed by atoms with van der Waals surface area (Å²) in [5, 5.41) is 13.4.